The van der Waals surface area contributed by atoms with Crippen LogP contribution in [-0.4, -0.2) is 57.6 Å². The SMILES string of the molecule is Nc1c(Cc2ccc(C3CC3)cc2)cc([C@@H]2O[C@H](CO)[C@@H](O)[C@H](O)[C@H]2O)cc1OC1CCC1. The zero-order valence-corrected chi connectivity index (χ0v) is 18.6. The molecule has 1 heterocycles. The van der Waals surface area contributed by atoms with Gasteiger partial charge < -0.3 is 35.6 Å². The summed E-state index contributed by atoms with van der Waals surface area (Å²) >= 11 is 0. The van der Waals surface area contributed by atoms with E-state index in [0.717, 1.165) is 30.4 Å². The quantitative estimate of drug-likeness (QED) is 0.405. The highest BCUT2D eigenvalue weighted by atomic mass is 16.5. The number of nitrogens with two attached hydrogens (primary N) is 1. The highest BCUT2D eigenvalue weighted by Gasteiger charge is 2.44. The van der Waals surface area contributed by atoms with E-state index in [-0.39, 0.29) is 6.10 Å². The number of rotatable bonds is 7. The molecule has 178 valence electrons. The minimum atomic E-state index is -1.44. The third kappa shape index (κ3) is 4.61. The van der Waals surface area contributed by atoms with Crippen LogP contribution in [0.5, 0.6) is 5.75 Å². The Labute approximate surface area is 193 Å². The molecule has 2 aliphatic carbocycles. The van der Waals surface area contributed by atoms with Crippen molar-refractivity contribution in [1.82, 2.24) is 0 Å². The van der Waals surface area contributed by atoms with E-state index in [9.17, 15) is 20.4 Å². The maximum absolute atomic E-state index is 10.7. The zero-order chi connectivity index (χ0) is 23.1. The van der Waals surface area contributed by atoms with Crippen LogP contribution in [0.25, 0.3) is 0 Å². The van der Waals surface area contributed by atoms with E-state index in [1.165, 1.54) is 18.4 Å². The molecule has 3 aliphatic rings. The van der Waals surface area contributed by atoms with Crippen molar-refractivity contribution in [2.75, 3.05) is 12.3 Å². The second-order valence-electron chi connectivity index (χ2n) is 9.70. The van der Waals surface area contributed by atoms with Crippen molar-refractivity contribution in [2.24, 2.45) is 0 Å². The number of hydrogen-bond donors (Lipinski definition) is 5. The predicted octanol–water partition coefficient (Wildman–Crippen LogP) is 2.18. The first-order valence-corrected chi connectivity index (χ1v) is 11.9. The van der Waals surface area contributed by atoms with E-state index in [4.69, 9.17) is 15.2 Å². The van der Waals surface area contributed by atoms with Gasteiger partial charge in [-0.05, 0) is 72.8 Å². The van der Waals surface area contributed by atoms with Crippen LogP contribution in [0.2, 0.25) is 0 Å². The van der Waals surface area contributed by atoms with Gasteiger partial charge in [0, 0.05) is 0 Å². The maximum Gasteiger partial charge on any atom is 0.143 e. The Hall–Kier alpha value is -2.16. The summed E-state index contributed by atoms with van der Waals surface area (Å²) in [6.45, 7) is -0.470. The molecule has 0 unspecified atom stereocenters. The van der Waals surface area contributed by atoms with Crippen molar-refractivity contribution in [1.29, 1.82) is 0 Å². The third-order valence-corrected chi connectivity index (χ3v) is 7.24. The van der Waals surface area contributed by atoms with Crippen molar-refractivity contribution in [3.63, 3.8) is 0 Å². The molecule has 7 heteroatoms. The zero-order valence-electron chi connectivity index (χ0n) is 18.6. The lowest BCUT2D eigenvalue weighted by Gasteiger charge is -2.40. The van der Waals surface area contributed by atoms with Crippen LogP contribution in [0.4, 0.5) is 5.69 Å². The lowest BCUT2D eigenvalue weighted by atomic mass is 9.89. The van der Waals surface area contributed by atoms with Crippen molar-refractivity contribution in [3.8, 4) is 5.75 Å². The highest BCUT2D eigenvalue weighted by Crippen LogP contribution is 2.41. The van der Waals surface area contributed by atoms with Crippen LogP contribution in [0, 0.1) is 0 Å². The fourth-order valence-corrected chi connectivity index (χ4v) is 4.71. The minimum Gasteiger partial charge on any atom is -0.488 e. The maximum atomic E-state index is 10.7. The molecule has 7 nitrogen and oxygen atoms in total. The molecule has 0 spiro atoms. The molecule has 0 radical (unpaired) electrons. The Morgan fingerprint density at radius 2 is 1.64 bits per heavy atom. The molecule has 0 amide bonds. The van der Waals surface area contributed by atoms with Crippen LogP contribution in [-0.2, 0) is 11.2 Å². The topological polar surface area (TPSA) is 125 Å². The molecule has 0 aromatic heterocycles. The summed E-state index contributed by atoms with van der Waals surface area (Å²) in [7, 11) is 0. The second kappa shape index (κ2) is 9.24. The van der Waals surface area contributed by atoms with E-state index >= 15 is 0 Å². The van der Waals surface area contributed by atoms with Gasteiger partial charge in [0.05, 0.1) is 18.4 Å². The van der Waals surface area contributed by atoms with Gasteiger partial charge in [0.1, 0.15) is 36.3 Å². The standard InChI is InChI=1S/C26H33NO6/c27-22-17(10-14-4-6-15(7-5-14)16-8-9-16)11-18(12-20(22)32-19-2-1-3-19)26-25(31)24(30)23(29)21(13-28)33-26/h4-7,11-12,16,19,21,23-26,28-31H,1-3,8-10,13,27H2/t21-,23-,24+,25-,26+/m1/s1. The fraction of sp³-hybridized carbons (Fsp3) is 0.538. The van der Waals surface area contributed by atoms with Crippen molar-refractivity contribution < 1.29 is 29.9 Å². The number of nitrogen functional groups attached to an aromatic ring is 1. The van der Waals surface area contributed by atoms with Gasteiger partial charge in [0.25, 0.3) is 0 Å². The minimum absolute atomic E-state index is 0.114. The van der Waals surface area contributed by atoms with E-state index < -0.39 is 37.1 Å². The number of aliphatic hydroxyl groups is 4. The van der Waals surface area contributed by atoms with Crippen LogP contribution in [0.15, 0.2) is 36.4 Å². The Morgan fingerprint density at radius 1 is 0.909 bits per heavy atom. The Bertz CT molecular complexity index is 969. The molecule has 2 aromatic rings. The van der Waals surface area contributed by atoms with Gasteiger partial charge in [-0.2, -0.15) is 0 Å². The van der Waals surface area contributed by atoms with Crippen LogP contribution >= 0.6 is 0 Å². The molecular weight excluding hydrogens is 422 g/mol. The third-order valence-electron chi connectivity index (χ3n) is 7.24. The largest absolute Gasteiger partial charge is 0.488 e. The van der Waals surface area contributed by atoms with E-state index in [0.29, 0.717) is 29.3 Å². The van der Waals surface area contributed by atoms with Gasteiger partial charge >= 0.3 is 0 Å². The molecule has 33 heavy (non-hydrogen) atoms. The first-order valence-electron chi connectivity index (χ1n) is 11.9. The van der Waals surface area contributed by atoms with Crippen molar-refractivity contribution >= 4 is 5.69 Å². The molecule has 1 aliphatic heterocycles. The first kappa shape index (κ1) is 22.6. The molecule has 3 fully saturated rings. The van der Waals surface area contributed by atoms with Gasteiger partial charge in [-0.1, -0.05) is 30.3 Å². The summed E-state index contributed by atoms with van der Waals surface area (Å²) < 4.78 is 12.0. The smallest absolute Gasteiger partial charge is 0.143 e. The molecule has 6 N–H and O–H groups in total. The summed E-state index contributed by atoms with van der Waals surface area (Å²) in [5.74, 6) is 1.24. The lowest BCUT2D eigenvalue weighted by Crippen LogP contribution is -2.55. The monoisotopic (exact) mass is 455 g/mol. The van der Waals surface area contributed by atoms with Crippen molar-refractivity contribution in [3.05, 3.63) is 58.7 Å². The summed E-state index contributed by atoms with van der Waals surface area (Å²) in [4.78, 5) is 0. The molecular formula is C26H33NO6. The van der Waals surface area contributed by atoms with E-state index in [1.54, 1.807) is 6.07 Å². The molecule has 2 saturated carbocycles. The fourth-order valence-electron chi connectivity index (χ4n) is 4.71. The van der Waals surface area contributed by atoms with Gasteiger partial charge in [0.15, 0.2) is 0 Å². The Kier molecular flexibility index (Phi) is 6.33. The van der Waals surface area contributed by atoms with Crippen molar-refractivity contribution in [2.45, 2.75) is 81.1 Å². The number of ether oxygens (including phenoxy) is 2. The molecule has 5 atom stereocenters. The van der Waals surface area contributed by atoms with Gasteiger partial charge in [-0.25, -0.2) is 0 Å². The number of hydrogen-bond acceptors (Lipinski definition) is 7. The lowest BCUT2D eigenvalue weighted by molar-refractivity contribution is -0.231. The van der Waals surface area contributed by atoms with Crippen LogP contribution in [0.1, 0.15) is 66.4 Å². The Balaban J connectivity index is 1.47. The first-order chi connectivity index (χ1) is 15.9. The van der Waals surface area contributed by atoms with Gasteiger partial charge in [-0.3, -0.25) is 0 Å². The number of anilines is 1. The van der Waals surface area contributed by atoms with Crippen LogP contribution < -0.4 is 10.5 Å². The summed E-state index contributed by atoms with van der Waals surface area (Å²) in [5.41, 5.74) is 11.0. The number of aliphatic hydroxyl groups excluding tert-OH is 4. The molecule has 1 saturated heterocycles. The Morgan fingerprint density at radius 3 is 2.24 bits per heavy atom. The summed E-state index contributed by atoms with van der Waals surface area (Å²) in [6.07, 6.45) is 0.199. The van der Waals surface area contributed by atoms with E-state index in [1.807, 2.05) is 6.07 Å². The van der Waals surface area contributed by atoms with Gasteiger partial charge in [0.2, 0.25) is 0 Å². The molecule has 0 bridgehead atoms. The predicted molar refractivity (Wildman–Crippen MR) is 123 cm³/mol. The summed E-state index contributed by atoms with van der Waals surface area (Å²) in [5, 5.41) is 40.7. The average Bonchev–Trinajstić information content (AvgIpc) is 3.63. The normalized spacial score (nSPS) is 30.1. The average molecular weight is 456 g/mol. The number of benzene rings is 2. The second-order valence-corrected chi connectivity index (χ2v) is 9.70. The van der Waals surface area contributed by atoms with Gasteiger partial charge in [-0.15, -0.1) is 0 Å². The highest BCUT2D eigenvalue weighted by molar-refractivity contribution is 5.62. The summed E-state index contributed by atoms with van der Waals surface area (Å²) in [6, 6.07) is 12.2. The van der Waals surface area contributed by atoms with E-state index in [2.05, 4.69) is 24.3 Å². The molecule has 5 rings (SSSR count). The van der Waals surface area contributed by atoms with Crippen LogP contribution in [0.3, 0.4) is 0 Å². The molecule has 2 aromatic carbocycles.